The Bertz CT molecular complexity index is 179. The van der Waals surface area contributed by atoms with Crippen molar-refractivity contribution in [2.24, 2.45) is 0 Å². The third-order valence-corrected chi connectivity index (χ3v) is 1.39. The van der Waals surface area contributed by atoms with Gasteiger partial charge in [0.2, 0.25) is 0 Å². The summed E-state index contributed by atoms with van der Waals surface area (Å²) in [6.45, 7) is 2.15. The van der Waals surface area contributed by atoms with Crippen LogP contribution in [-0.2, 0) is 6.42 Å². The van der Waals surface area contributed by atoms with Gasteiger partial charge in [-0.25, -0.2) is 0 Å². The number of hydrogen-bond acceptors (Lipinski definition) is 1. The lowest BCUT2D eigenvalue weighted by atomic mass is 10.2. The average Bonchev–Trinajstić information content (AvgIpc) is 2.18. The van der Waals surface area contributed by atoms with E-state index in [9.17, 15) is 0 Å². The molecule has 2 nitrogen and oxygen atoms in total. The zero-order valence-corrected chi connectivity index (χ0v) is 5.65. The number of hydrogen-bond donors (Lipinski definition) is 2. The second-order valence-corrected chi connectivity index (χ2v) is 2.17. The van der Waals surface area contributed by atoms with Crippen LogP contribution >= 0.6 is 0 Å². The largest absolute Gasteiger partial charge is 0.385 e. The van der Waals surface area contributed by atoms with Crippen LogP contribution in [-0.4, -0.2) is 4.98 Å². The molecule has 0 bridgehead atoms. The van der Waals surface area contributed by atoms with Gasteiger partial charge in [0.25, 0.3) is 0 Å². The van der Waals surface area contributed by atoms with Crippen LogP contribution in [0.25, 0.3) is 0 Å². The number of aromatic nitrogens is 1. The molecule has 2 heteroatoms. The van der Waals surface area contributed by atoms with E-state index in [0.29, 0.717) is 0 Å². The average molecular weight is 124 g/mol. The van der Waals surface area contributed by atoms with Crippen molar-refractivity contribution >= 4 is 5.82 Å². The number of H-pyrrole nitrogens is 1. The standard InChI is InChI=1S/C7H12N2/c1-2-3-6-4-5-9-7(6)8/h4-5,9H,2-3,8H2,1H3. The van der Waals surface area contributed by atoms with Gasteiger partial charge in [0.1, 0.15) is 5.82 Å². The van der Waals surface area contributed by atoms with Gasteiger partial charge in [0.15, 0.2) is 0 Å². The van der Waals surface area contributed by atoms with Gasteiger partial charge in [0, 0.05) is 6.20 Å². The first-order valence-corrected chi connectivity index (χ1v) is 3.26. The van der Waals surface area contributed by atoms with Crippen LogP contribution < -0.4 is 5.73 Å². The fraction of sp³-hybridized carbons (Fsp3) is 0.429. The van der Waals surface area contributed by atoms with Crippen molar-refractivity contribution in [2.45, 2.75) is 19.8 Å². The summed E-state index contributed by atoms with van der Waals surface area (Å²) in [5, 5.41) is 0. The lowest BCUT2D eigenvalue weighted by Gasteiger charge is -1.92. The number of nitrogen functional groups attached to an aromatic ring is 1. The highest BCUT2D eigenvalue weighted by Crippen LogP contribution is 2.09. The minimum atomic E-state index is 0.817. The van der Waals surface area contributed by atoms with Gasteiger partial charge in [-0.15, -0.1) is 0 Å². The predicted octanol–water partition coefficient (Wildman–Crippen LogP) is 1.55. The van der Waals surface area contributed by atoms with Crippen molar-refractivity contribution in [1.82, 2.24) is 4.98 Å². The van der Waals surface area contributed by atoms with Crippen LogP contribution in [0, 0.1) is 0 Å². The van der Waals surface area contributed by atoms with Crippen molar-refractivity contribution < 1.29 is 0 Å². The maximum Gasteiger partial charge on any atom is 0.103 e. The summed E-state index contributed by atoms with van der Waals surface area (Å²) in [5.74, 6) is 0.817. The summed E-state index contributed by atoms with van der Waals surface area (Å²) < 4.78 is 0. The Morgan fingerprint density at radius 1 is 1.67 bits per heavy atom. The molecule has 0 saturated carbocycles. The van der Waals surface area contributed by atoms with E-state index in [1.165, 1.54) is 5.56 Å². The van der Waals surface area contributed by atoms with Gasteiger partial charge in [-0.3, -0.25) is 0 Å². The van der Waals surface area contributed by atoms with Crippen molar-refractivity contribution in [3.63, 3.8) is 0 Å². The Labute approximate surface area is 55.1 Å². The highest BCUT2D eigenvalue weighted by molar-refractivity contribution is 5.39. The second-order valence-electron chi connectivity index (χ2n) is 2.17. The van der Waals surface area contributed by atoms with E-state index in [4.69, 9.17) is 5.73 Å². The summed E-state index contributed by atoms with van der Waals surface area (Å²) in [4.78, 5) is 2.93. The molecule has 0 amide bonds. The minimum Gasteiger partial charge on any atom is -0.385 e. The third-order valence-electron chi connectivity index (χ3n) is 1.39. The molecule has 0 aromatic carbocycles. The highest BCUT2D eigenvalue weighted by atomic mass is 14.8. The molecule has 0 fully saturated rings. The molecule has 1 heterocycles. The number of anilines is 1. The Morgan fingerprint density at radius 3 is 2.89 bits per heavy atom. The molecule has 0 aliphatic heterocycles. The minimum absolute atomic E-state index is 0.817. The lowest BCUT2D eigenvalue weighted by Crippen LogP contribution is -1.89. The van der Waals surface area contributed by atoms with E-state index >= 15 is 0 Å². The Hall–Kier alpha value is -0.920. The van der Waals surface area contributed by atoms with Crippen LogP contribution in [0.2, 0.25) is 0 Å². The molecule has 0 radical (unpaired) electrons. The van der Waals surface area contributed by atoms with Crippen LogP contribution in [0.4, 0.5) is 5.82 Å². The summed E-state index contributed by atoms with van der Waals surface area (Å²) in [5.41, 5.74) is 6.80. The van der Waals surface area contributed by atoms with Crippen molar-refractivity contribution in [2.75, 3.05) is 5.73 Å². The van der Waals surface area contributed by atoms with Gasteiger partial charge < -0.3 is 10.7 Å². The zero-order chi connectivity index (χ0) is 6.69. The Morgan fingerprint density at radius 2 is 2.44 bits per heavy atom. The smallest absolute Gasteiger partial charge is 0.103 e. The lowest BCUT2D eigenvalue weighted by molar-refractivity contribution is 0.926. The topological polar surface area (TPSA) is 41.8 Å². The van der Waals surface area contributed by atoms with E-state index in [-0.39, 0.29) is 0 Å². The number of nitrogens with one attached hydrogen (secondary N) is 1. The first kappa shape index (κ1) is 6.20. The molecule has 0 aliphatic carbocycles. The number of rotatable bonds is 2. The maximum atomic E-state index is 5.57. The Balaban J connectivity index is 2.69. The summed E-state index contributed by atoms with van der Waals surface area (Å²) in [6, 6.07) is 2.03. The number of nitrogens with two attached hydrogens (primary N) is 1. The van der Waals surface area contributed by atoms with Crippen LogP contribution in [0.15, 0.2) is 12.3 Å². The van der Waals surface area contributed by atoms with E-state index in [1.807, 2.05) is 12.3 Å². The van der Waals surface area contributed by atoms with Crippen molar-refractivity contribution in [3.8, 4) is 0 Å². The summed E-state index contributed by atoms with van der Waals surface area (Å²) in [7, 11) is 0. The fourth-order valence-corrected chi connectivity index (χ4v) is 0.902. The molecule has 0 spiro atoms. The second kappa shape index (κ2) is 2.58. The highest BCUT2D eigenvalue weighted by Gasteiger charge is 1.95. The van der Waals surface area contributed by atoms with E-state index < -0.39 is 0 Å². The monoisotopic (exact) mass is 124 g/mol. The van der Waals surface area contributed by atoms with Gasteiger partial charge in [0.05, 0.1) is 0 Å². The molecule has 0 atom stereocenters. The molecular formula is C7H12N2. The van der Waals surface area contributed by atoms with E-state index in [0.717, 1.165) is 18.7 Å². The molecule has 1 aromatic heterocycles. The van der Waals surface area contributed by atoms with Crippen molar-refractivity contribution in [3.05, 3.63) is 17.8 Å². The molecular weight excluding hydrogens is 112 g/mol. The van der Waals surface area contributed by atoms with Gasteiger partial charge >= 0.3 is 0 Å². The van der Waals surface area contributed by atoms with Gasteiger partial charge in [-0.05, 0) is 18.1 Å². The normalized spacial score (nSPS) is 9.89. The molecule has 50 valence electrons. The summed E-state index contributed by atoms with van der Waals surface area (Å²) >= 11 is 0. The van der Waals surface area contributed by atoms with Crippen LogP contribution in [0.1, 0.15) is 18.9 Å². The first-order valence-electron chi connectivity index (χ1n) is 3.26. The van der Waals surface area contributed by atoms with Crippen LogP contribution in [0.3, 0.4) is 0 Å². The maximum absolute atomic E-state index is 5.57. The molecule has 1 rings (SSSR count). The third kappa shape index (κ3) is 1.25. The van der Waals surface area contributed by atoms with E-state index in [2.05, 4.69) is 11.9 Å². The quantitative estimate of drug-likeness (QED) is 0.617. The zero-order valence-electron chi connectivity index (χ0n) is 5.65. The van der Waals surface area contributed by atoms with Crippen molar-refractivity contribution in [1.29, 1.82) is 0 Å². The van der Waals surface area contributed by atoms with E-state index in [1.54, 1.807) is 0 Å². The Kier molecular flexibility index (Phi) is 1.78. The molecule has 3 N–H and O–H groups in total. The summed E-state index contributed by atoms with van der Waals surface area (Å²) in [6.07, 6.45) is 4.11. The molecule has 1 aromatic rings. The molecule has 0 aliphatic rings. The van der Waals surface area contributed by atoms with Gasteiger partial charge in [-0.1, -0.05) is 13.3 Å². The van der Waals surface area contributed by atoms with Crippen LogP contribution in [0.5, 0.6) is 0 Å². The fourth-order valence-electron chi connectivity index (χ4n) is 0.902. The molecule has 0 saturated heterocycles. The predicted molar refractivity (Wildman–Crippen MR) is 39.2 cm³/mol. The number of aryl methyl sites for hydroxylation is 1. The van der Waals surface area contributed by atoms with Gasteiger partial charge in [-0.2, -0.15) is 0 Å². The molecule has 9 heavy (non-hydrogen) atoms. The first-order chi connectivity index (χ1) is 4.34. The number of aromatic amines is 1. The molecule has 0 unspecified atom stereocenters. The SMILES string of the molecule is CCCc1cc[nH]c1N.